The second kappa shape index (κ2) is 9.89. The van der Waals surface area contributed by atoms with Crippen molar-refractivity contribution in [3.8, 4) is 0 Å². The molecule has 1 aromatic carbocycles. The fourth-order valence-electron chi connectivity index (χ4n) is 2.33. The number of anilines is 1. The number of aliphatic imine (C=N–C) groups is 1. The topological polar surface area (TPSA) is 52.6 Å². The molecular weight excluding hydrogens is 334 g/mol. The summed E-state index contributed by atoms with van der Waals surface area (Å²) in [6, 6.07) is 12.0. The number of halogens is 1. The highest BCUT2D eigenvalue weighted by molar-refractivity contribution is 6.30. The predicted octanol–water partition coefficient (Wildman–Crippen LogP) is 3.10. The molecule has 0 amide bonds. The third-order valence-corrected chi connectivity index (χ3v) is 3.86. The van der Waals surface area contributed by atoms with Crippen molar-refractivity contribution in [3.63, 3.8) is 0 Å². The predicted molar refractivity (Wildman–Crippen MR) is 107 cm³/mol. The molecule has 0 aliphatic heterocycles. The first-order valence-electron chi connectivity index (χ1n) is 8.47. The van der Waals surface area contributed by atoms with E-state index in [1.807, 2.05) is 49.5 Å². The summed E-state index contributed by atoms with van der Waals surface area (Å²) in [7, 11) is 3.97. The number of aromatic nitrogens is 1. The number of guanidine groups is 1. The quantitative estimate of drug-likeness (QED) is 0.589. The smallest absolute Gasteiger partial charge is 0.191 e. The van der Waals surface area contributed by atoms with Gasteiger partial charge in [-0.2, -0.15) is 0 Å². The first-order chi connectivity index (χ1) is 12.1. The van der Waals surface area contributed by atoms with E-state index in [0.29, 0.717) is 6.54 Å². The molecule has 0 spiro atoms. The zero-order chi connectivity index (χ0) is 18.1. The third kappa shape index (κ3) is 6.63. The zero-order valence-electron chi connectivity index (χ0n) is 15.1. The van der Waals surface area contributed by atoms with Gasteiger partial charge in [-0.25, -0.2) is 9.98 Å². The maximum absolute atomic E-state index is 6.02. The number of hydrogen-bond acceptors (Lipinski definition) is 3. The van der Waals surface area contributed by atoms with Gasteiger partial charge in [-0.15, -0.1) is 0 Å². The van der Waals surface area contributed by atoms with Gasteiger partial charge in [0, 0.05) is 38.4 Å². The van der Waals surface area contributed by atoms with E-state index in [2.05, 4.69) is 39.7 Å². The van der Waals surface area contributed by atoms with E-state index in [-0.39, 0.29) is 0 Å². The maximum Gasteiger partial charge on any atom is 0.191 e. The van der Waals surface area contributed by atoms with E-state index in [1.54, 1.807) is 0 Å². The molecule has 0 bridgehead atoms. The summed E-state index contributed by atoms with van der Waals surface area (Å²) in [6.07, 6.45) is 2.71. The fourth-order valence-corrected chi connectivity index (χ4v) is 2.55. The van der Waals surface area contributed by atoms with Gasteiger partial charge in [0.05, 0.1) is 6.54 Å². The fraction of sp³-hybridized carbons (Fsp3) is 0.368. The molecule has 2 aromatic rings. The zero-order valence-corrected chi connectivity index (χ0v) is 15.8. The Morgan fingerprint density at radius 3 is 2.72 bits per heavy atom. The first kappa shape index (κ1) is 19.1. The van der Waals surface area contributed by atoms with Crippen molar-refractivity contribution in [2.75, 3.05) is 32.1 Å². The summed E-state index contributed by atoms with van der Waals surface area (Å²) < 4.78 is 0. The summed E-state index contributed by atoms with van der Waals surface area (Å²) in [5.41, 5.74) is 2.34. The molecule has 0 fully saturated rings. The number of hydrogen-bond donors (Lipinski definition) is 2. The number of nitrogens with one attached hydrogen (secondary N) is 2. The standard InChI is InChI=1S/C19H26ClN5/c1-4-21-19(23-11-8-15-6-5-7-17(20)12-15)24-14-16-9-10-22-18(13-16)25(2)3/h5-7,9-10,12-13H,4,8,11,14H2,1-3H3,(H2,21,23,24). The molecule has 6 heteroatoms. The molecule has 1 heterocycles. The lowest BCUT2D eigenvalue weighted by Gasteiger charge is -2.13. The van der Waals surface area contributed by atoms with E-state index in [9.17, 15) is 0 Å². The molecule has 1 aromatic heterocycles. The van der Waals surface area contributed by atoms with Gasteiger partial charge in [0.15, 0.2) is 5.96 Å². The van der Waals surface area contributed by atoms with Crippen LogP contribution in [-0.4, -0.2) is 38.1 Å². The van der Waals surface area contributed by atoms with Crippen molar-refractivity contribution in [2.45, 2.75) is 19.9 Å². The van der Waals surface area contributed by atoms with E-state index >= 15 is 0 Å². The molecule has 134 valence electrons. The molecule has 0 radical (unpaired) electrons. The Kier molecular flexibility index (Phi) is 7.54. The molecule has 2 N–H and O–H groups in total. The van der Waals surface area contributed by atoms with Crippen LogP contribution in [0.4, 0.5) is 5.82 Å². The van der Waals surface area contributed by atoms with Crippen LogP contribution in [0.5, 0.6) is 0 Å². The monoisotopic (exact) mass is 359 g/mol. The largest absolute Gasteiger partial charge is 0.363 e. The molecule has 0 saturated heterocycles. The minimum absolute atomic E-state index is 0.607. The molecule has 0 atom stereocenters. The molecule has 0 aliphatic rings. The summed E-state index contributed by atoms with van der Waals surface area (Å²) in [5.74, 6) is 1.75. The van der Waals surface area contributed by atoms with Gasteiger partial charge in [0.1, 0.15) is 5.82 Å². The van der Waals surface area contributed by atoms with Crippen LogP contribution in [-0.2, 0) is 13.0 Å². The molecule has 5 nitrogen and oxygen atoms in total. The Balaban J connectivity index is 1.92. The minimum atomic E-state index is 0.607. The Morgan fingerprint density at radius 1 is 1.16 bits per heavy atom. The van der Waals surface area contributed by atoms with Gasteiger partial charge in [-0.05, 0) is 48.7 Å². The van der Waals surface area contributed by atoms with Crippen LogP contribution >= 0.6 is 11.6 Å². The number of pyridine rings is 1. The number of nitrogens with zero attached hydrogens (tertiary/aromatic N) is 3. The van der Waals surface area contributed by atoms with E-state index in [4.69, 9.17) is 11.6 Å². The molecule has 0 saturated carbocycles. The molecular formula is C19H26ClN5. The average molecular weight is 360 g/mol. The van der Waals surface area contributed by atoms with Crippen molar-refractivity contribution < 1.29 is 0 Å². The lowest BCUT2D eigenvalue weighted by atomic mass is 10.1. The molecule has 0 unspecified atom stereocenters. The third-order valence-electron chi connectivity index (χ3n) is 3.63. The van der Waals surface area contributed by atoms with Gasteiger partial charge in [0.2, 0.25) is 0 Å². The molecule has 0 aliphatic carbocycles. The van der Waals surface area contributed by atoms with Crippen molar-refractivity contribution in [2.24, 2.45) is 4.99 Å². The van der Waals surface area contributed by atoms with Gasteiger partial charge in [0.25, 0.3) is 0 Å². The second-order valence-electron chi connectivity index (χ2n) is 5.92. The van der Waals surface area contributed by atoms with Crippen molar-refractivity contribution >= 4 is 23.4 Å². The lowest BCUT2D eigenvalue weighted by molar-refractivity contribution is 0.799. The van der Waals surface area contributed by atoms with Crippen molar-refractivity contribution in [3.05, 3.63) is 58.7 Å². The Labute approximate surface area is 155 Å². The maximum atomic E-state index is 6.02. The van der Waals surface area contributed by atoms with Crippen LogP contribution in [0.15, 0.2) is 47.6 Å². The van der Waals surface area contributed by atoms with Gasteiger partial charge in [-0.3, -0.25) is 0 Å². The van der Waals surface area contributed by atoms with Crippen LogP contribution in [0.25, 0.3) is 0 Å². The van der Waals surface area contributed by atoms with Crippen LogP contribution in [0, 0.1) is 0 Å². The SMILES string of the molecule is CCNC(=NCc1ccnc(N(C)C)c1)NCCc1cccc(Cl)c1. The highest BCUT2D eigenvalue weighted by atomic mass is 35.5. The van der Waals surface area contributed by atoms with Crippen LogP contribution < -0.4 is 15.5 Å². The molecule has 2 rings (SSSR count). The highest BCUT2D eigenvalue weighted by Gasteiger charge is 2.01. The normalized spacial score (nSPS) is 11.3. The van der Waals surface area contributed by atoms with Gasteiger partial charge in [-0.1, -0.05) is 23.7 Å². The van der Waals surface area contributed by atoms with E-state index in [0.717, 1.165) is 41.9 Å². The second-order valence-corrected chi connectivity index (χ2v) is 6.36. The Morgan fingerprint density at radius 2 is 2.00 bits per heavy atom. The number of rotatable bonds is 7. The lowest BCUT2D eigenvalue weighted by Crippen LogP contribution is -2.38. The van der Waals surface area contributed by atoms with Crippen LogP contribution in [0.1, 0.15) is 18.1 Å². The van der Waals surface area contributed by atoms with Crippen molar-refractivity contribution in [1.82, 2.24) is 15.6 Å². The van der Waals surface area contributed by atoms with E-state index < -0.39 is 0 Å². The summed E-state index contributed by atoms with van der Waals surface area (Å²) in [6.45, 7) is 4.29. The summed E-state index contributed by atoms with van der Waals surface area (Å²) in [5, 5.41) is 7.41. The Bertz CT molecular complexity index is 700. The highest BCUT2D eigenvalue weighted by Crippen LogP contribution is 2.11. The number of benzene rings is 1. The molecule has 25 heavy (non-hydrogen) atoms. The Hall–Kier alpha value is -2.27. The first-order valence-corrected chi connectivity index (χ1v) is 8.85. The summed E-state index contributed by atoms with van der Waals surface area (Å²) >= 11 is 6.02. The van der Waals surface area contributed by atoms with Crippen LogP contribution in [0.3, 0.4) is 0 Å². The average Bonchev–Trinajstić information content (AvgIpc) is 2.60. The minimum Gasteiger partial charge on any atom is -0.363 e. The van der Waals surface area contributed by atoms with Crippen LogP contribution in [0.2, 0.25) is 5.02 Å². The van der Waals surface area contributed by atoms with Gasteiger partial charge < -0.3 is 15.5 Å². The van der Waals surface area contributed by atoms with Crippen molar-refractivity contribution in [1.29, 1.82) is 0 Å². The summed E-state index contributed by atoms with van der Waals surface area (Å²) in [4.78, 5) is 11.0. The van der Waals surface area contributed by atoms with E-state index in [1.165, 1.54) is 5.56 Å². The van der Waals surface area contributed by atoms with Gasteiger partial charge >= 0.3 is 0 Å².